The Bertz CT molecular complexity index is 1550. The number of sulfone groups is 1. The van der Waals surface area contributed by atoms with Crippen LogP contribution in [-0.4, -0.2) is 61.1 Å². The maximum atomic E-state index is 13.5. The predicted octanol–water partition coefficient (Wildman–Crippen LogP) is 4.54. The fourth-order valence-corrected chi connectivity index (χ4v) is 5.40. The number of pyridine rings is 1. The number of carbonyl (C=O) groups excluding carboxylic acids is 1. The molecule has 2 aromatic heterocycles. The monoisotopic (exact) mass is 557 g/mol. The van der Waals surface area contributed by atoms with Crippen molar-refractivity contribution < 1.29 is 26.7 Å². The summed E-state index contributed by atoms with van der Waals surface area (Å²) in [4.78, 5) is 21.0. The molecule has 0 spiro atoms. The van der Waals surface area contributed by atoms with Crippen molar-refractivity contribution in [1.29, 1.82) is 0 Å². The average Bonchev–Trinajstić information content (AvgIpc) is 3.47. The van der Waals surface area contributed by atoms with Crippen LogP contribution in [-0.2, 0) is 38.8 Å². The van der Waals surface area contributed by atoms with Gasteiger partial charge in [-0.05, 0) is 43.5 Å². The minimum Gasteiger partial charge on any atom is -0.385 e. The molecule has 0 unspecified atom stereocenters. The summed E-state index contributed by atoms with van der Waals surface area (Å²) in [6.45, 7) is 1.26. The summed E-state index contributed by atoms with van der Waals surface area (Å²) in [6.07, 6.45) is 2.62. The number of Topliss-reactive ketones (excluding diaryl/α,β-unsaturated/α-hetero) is 1. The van der Waals surface area contributed by atoms with Gasteiger partial charge >= 0.3 is 0 Å². The van der Waals surface area contributed by atoms with E-state index in [1.165, 1.54) is 6.07 Å². The molecule has 0 atom stereocenters. The van der Waals surface area contributed by atoms with E-state index in [4.69, 9.17) is 4.74 Å². The van der Waals surface area contributed by atoms with Gasteiger partial charge in [0.15, 0.2) is 9.84 Å². The summed E-state index contributed by atoms with van der Waals surface area (Å²) in [5, 5.41) is 7.63. The number of anilines is 2. The number of alkyl halides is 2. The first-order chi connectivity index (χ1) is 18.6. The quantitative estimate of drug-likeness (QED) is 0.325. The van der Waals surface area contributed by atoms with Crippen molar-refractivity contribution in [1.82, 2.24) is 14.8 Å². The van der Waals surface area contributed by atoms with Crippen LogP contribution in [0.15, 0.2) is 46.4 Å². The van der Waals surface area contributed by atoms with E-state index in [9.17, 15) is 22.0 Å². The van der Waals surface area contributed by atoms with Crippen molar-refractivity contribution in [3.63, 3.8) is 0 Å². The number of aliphatic imine (C=N–C) groups is 1. The zero-order valence-electron chi connectivity index (χ0n) is 21.7. The second-order valence-electron chi connectivity index (χ2n) is 9.87. The third-order valence-corrected chi connectivity index (χ3v) is 7.82. The van der Waals surface area contributed by atoms with Gasteiger partial charge in [-0.15, -0.1) is 0 Å². The van der Waals surface area contributed by atoms with E-state index < -0.39 is 16.3 Å². The minimum atomic E-state index is -3.70. The van der Waals surface area contributed by atoms with Crippen molar-refractivity contribution >= 4 is 38.4 Å². The first-order valence-electron chi connectivity index (χ1n) is 12.7. The molecule has 3 heterocycles. The number of benzene rings is 1. The fraction of sp³-hybridized carbons (Fsp3) is 0.407. The number of ether oxygens (including phenoxy) is 1. The lowest BCUT2D eigenvalue weighted by Gasteiger charge is -2.15. The van der Waals surface area contributed by atoms with Gasteiger partial charge in [-0.25, -0.2) is 22.2 Å². The van der Waals surface area contributed by atoms with Gasteiger partial charge in [-0.1, -0.05) is 6.07 Å². The average molecular weight is 558 g/mol. The highest BCUT2D eigenvalue weighted by atomic mass is 32.2. The number of carbonyl (C=O) groups is 1. The Morgan fingerprint density at radius 1 is 1.21 bits per heavy atom. The van der Waals surface area contributed by atoms with Crippen molar-refractivity contribution in [2.24, 2.45) is 10.9 Å². The summed E-state index contributed by atoms with van der Waals surface area (Å²) >= 11 is 0. The summed E-state index contributed by atoms with van der Waals surface area (Å²) < 4.78 is 59.4. The van der Waals surface area contributed by atoms with E-state index in [-0.39, 0.29) is 46.5 Å². The molecular formula is C27H29F2N5O4S. The van der Waals surface area contributed by atoms with Crippen molar-refractivity contribution in [2.75, 3.05) is 25.3 Å². The molecule has 206 valence electrons. The number of nitrogens with zero attached hydrogens (tertiary/aromatic N) is 4. The van der Waals surface area contributed by atoms with Gasteiger partial charge in [0.2, 0.25) is 0 Å². The van der Waals surface area contributed by atoms with Crippen LogP contribution in [0.1, 0.15) is 30.7 Å². The van der Waals surface area contributed by atoms with Gasteiger partial charge in [-0.3, -0.25) is 14.5 Å². The van der Waals surface area contributed by atoms with Gasteiger partial charge < -0.3 is 10.1 Å². The van der Waals surface area contributed by atoms with E-state index in [1.807, 2.05) is 6.20 Å². The molecule has 9 nitrogen and oxygen atoms in total. The number of fused-ring (bicyclic) bond motifs is 1. The molecular weight excluding hydrogens is 528 g/mol. The molecule has 2 aliphatic rings. The van der Waals surface area contributed by atoms with E-state index in [2.05, 4.69) is 20.4 Å². The molecule has 1 saturated carbocycles. The van der Waals surface area contributed by atoms with Crippen LogP contribution in [0.3, 0.4) is 0 Å². The third-order valence-electron chi connectivity index (χ3n) is 6.68. The highest BCUT2D eigenvalue weighted by molar-refractivity contribution is 7.90. The molecule has 0 amide bonds. The fourth-order valence-electron chi connectivity index (χ4n) is 4.54. The zero-order chi connectivity index (χ0) is 27.7. The van der Waals surface area contributed by atoms with Gasteiger partial charge in [-0.2, -0.15) is 5.10 Å². The van der Waals surface area contributed by atoms with Crippen LogP contribution < -0.4 is 5.32 Å². The minimum absolute atomic E-state index is 0.0196. The zero-order valence-corrected chi connectivity index (χ0v) is 22.5. The molecule has 1 aliphatic carbocycles. The van der Waals surface area contributed by atoms with E-state index in [1.54, 1.807) is 36.1 Å². The number of ketones is 1. The van der Waals surface area contributed by atoms with Crippen LogP contribution in [0.2, 0.25) is 0 Å². The number of rotatable bonds is 12. The standard InChI is InChI=1S/C27H29F2N5O4S/c1-38-11-3-9-34-10-8-19(33-34)17-6-7-20(25(12-17)39(2,36)37)31-21-13-18(14-24(35)16-4-5-16)30-22-15-23(27(28)29)32-26(21)22/h6-8,10,12-13,16,27H,3-5,9,11,14-15H2,1-2H3,(H,30,31). The SMILES string of the molecule is COCCCn1ccc(-c2ccc(Nc3cc(CC(=O)C4CC4)nc4c3N=C(C(F)F)C4)c(S(C)(=O)=O)c2)n1. The highest BCUT2D eigenvalue weighted by Gasteiger charge is 2.31. The van der Waals surface area contributed by atoms with Crippen LogP contribution in [0, 0.1) is 5.92 Å². The Kier molecular flexibility index (Phi) is 7.59. The number of hydrogen-bond donors (Lipinski definition) is 1. The Morgan fingerprint density at radius 3 is 2.69 bits per heavy atom. The van der Waals surface area contributed by atoms with Gasteiger partial charge in [0, 0.05) is 57.0 Å². The van der Waals surface area contributed by atoms with Crippen LogP contribution in [0.25, 0.3) is 11.3 Å². The first kappa shape index (κ1) is 27.1. The molecule has 12 heteroatoms. The molecule has 1 aliphatic heterocycles. The molecule has 0 radical (unpaired) electrons. The summed E-state index contributed by atoms with van der Waals surface area (Å²) in [7, 11) is -2.07. The smallest absolute Gasteiger partial charge is 0.277 e. The number of methoxy groups -OCH3 is 1. The van der Waals surface area contributed by atoms with Crippen LogP contribution in [0.4, 0.5) is 25.8 Å². The van der Waals surface area contributed by atoms with Crippen molar-refractivity contribution in [3.8, 4) is 11.3 Å². The summed E-state index contributed by atoms with van der Waals surface area (Å²) in [5.41, 5.74) is 2.50. The molecule has 5 rings (SSSR count). The Labute approximate surface area is 225 Å². The number of nitrogens with one attached hydrogen (secondary N) is 1. The van der Waals surface area contributed by atoms with Gasteiger partial charge in [0.25, 0.3) is 6.43 Å². The topological polar surface area (TPSA) is 116 Å². The predicted molar refractivity (Wildman–Crippen MR) is 143 cm³/mol. The lowest BCUT2D eigenvalue weighted by atomic mass is 10.1. The Balaban J connectivity index is 1.49. The number of halogens is 2. The molecule has 0 saturated heterocycles. The molecule has 0 bridgehead atoms. The second-order valence-corrected chi connectivity index (χ2v) is 11.9. The van der Waals surface area contributed by atoms with Gasteiger partial charge in [0.05, 0.1) is 39.1 Å². The molecule has 1 N–H and O–H groups in total. The lowest BCUT2D eigenvalue weighted by Crippen LogP contribution is -2.11. The van der Waals surface area contributed by atoms with E-state index in [0.717, 1.165) is 25.5 Å². The summed E-state index contributed by atoms with van der Waals surface area (Å²) in [5.74, 6) is 0.0846. The van der Waals surface area contributed by atoms with Crippen molar-refractivity contribution in [2.45, 2.75) is 50.0 Å². The third kappa shape index (κ3) is 6.22. The van der Waals surface area contributed by atoms with Crippen LogP contribution >= 0.6 is 0 Å². The largest absolute Gasteiger partial charge is 0.385 e. The first-order valence-corrected chi connectivity index (χ1v) is 14.6. The van der Waals surface area contributed by atoms with E-state index >= 15 is 0 Å². The summed E-state index contributed by atoms with van der Waals surface area (Å²) in [6, 6.07) is 8.29. The van der Waals surface area contributed by atoms with Gasteiger partial charge in [0.1, 0.15) is 11.5 Å². The molecule has 1 aromatic carbocycles. The normalized spacial score (nSPS) is 14.9. The van der Waals surface area contributed by atoms with E-state index in [0.29, 0.717) is 41.5 Å². The van der Waals surface area contributed by atoms with Crippen molar-refractivity contribution in [3.05, 3.63) is 47.9 Å². The molecule has 3 aromatic rings. The Hall–Kier alpha value is -3.51. The van der Waals surface area contributed by atoms with Crippen LogP contribution in [0.5, 0.6) is 0 Å². The molecule has 1 fully saturated rings. The number of aromatic nitrogens is 3. The molecule has 39 heavy (non-hydrogen) atoms. The maximum Gasteiger partial charge on any atom is 0.277 e. The number of aryl methyl sites for hydroxylation is 1. The maximum absolute atomic E-state index is 13.5. The number of hydrogen-bond acceptors (Lipinski definition) is 8. The highest BCUT2D eigenvalue weighted by Crippen LogP contribution is 2.39. The lowest BCUT2D eigenvalue weighted by molar-refractivity contribution is -0.119. The second kappa shape index (κ2) is 10.9. The Morgan fingerprint density at radius 2 is 2.00 bits per heavy atom.